The summed E-state index contributed by atoms with van der Waals surface area (Å²) in [6.07, 6.45) is 4.85. The summed E-state index contributed by atoms with van der Waals surface area (Å²) in [6.45, 7) is 2.99. The number of benzene rings is 1. The molecule has 0 aliphatic carbocycles. The molecule has 2 nitrogen and oxygen atoms in total. The Morgan fingerprint density at radius 1 is 1.33 bits per heavy atom. The molecule has 1 heterocycles. The second-order valence-electron chi connectivity index (χ2n) is 4.57. The highest BCUT2D eigenvalue weighted by molar-refractivity contribution is 5.96. The van der Waals surface area contributed by atoms with Crippen LogP contribution in [0.3, 0.4) is 0 Å². The quantitative estimate of drug-likeness (QED) is 0.587. The number of anilines is 1. The topological polar surface area (TPSA) is 20.3 Å². The van der Waals surface area contributed by atoms with E-state index in [2.05, 4.69) is 18.8 Å². The first kappa shape index (κ1) is 12.7. The summed E-state index contributed by atoms with van der Waals surface area (Å²) in [5.74, 6) is 6.62. The van der Waals surface area contributed by atoms with Crippen molar-refractivity contribution in [2.45, 2.75) is 39.0 Å². The number of hydrogen-bond acceptors (Lipinski definition) is 1. The van der Waals surface area contributed by atoms with Crippen molar-refractivity contribution < 1.29 is 4.79 Å². The Morgan fingerprint density at radius 3 is 2.89 bits per heavy atom. The van der Waals surface area contributed by atoms with Crippen LogP contribution in [0.25, 0.3) is 0 Å². The largest absolute Gasteiger partial charge is 0.311 e. The minimum absolute atomic E-state index is 0.220. The minimum Gasteiger partial charge on any atom is -0.311 e. The minimum atomic E-state index is 0.220. The summed E-state index contributed by atoms with van der Waals surface area (Å²) < 4.78 is 0. The fraction of sp³-hybridized carbons (Fsp3) is 0.438. The van der Waals surface area contributed by atoms with Gasteiger partial charge in [-0.25, -0.2) is 0 Å². The number of nitrogens with zero attached hydrogens (tertiary/aromatic N) is 1. The van der Waals surface area contributed by atoms with Crippen LogP contribution in [0.15, 0.2) is 24.3 Å². The van der Waals surface area contributed by atoms with Gasteiger partial charge in [0.05, 0.1) is 5.69 Å². The number of para-hydroxylation sites is 1. The second kappa shape index (κ2) is 6.26. The van der Waals surface area contributed by atoms with Gasteiger partial charge in [0.25, 0.3) is 0 Å². The van der Waals surface area contributed by atoms with Gasteiger partial charge in [0.1, 0.15) is 0 Å². The van der Waals surface area contributed by atoms with E-state index < -0.39 is 0 Å². The van der Waals surface area contributed by atoms with Crippen molar-refractivity contribution in [1.82, 2.24) is 0 Å². The molecule has 0 spiro atoms. The standard InChI is InChI=1S/C16H19NO/c1-2-3-4-5-9-14-10-6-7-11-15(14)17-13-8-12-16(17)18/h6-7,10-11H,2-4,8,12-13H2,1H3. The second-order valence-corrected chi connectivity index (χ2v) is 4.57. The lowest BCUT2D eigenvalue weighted by Gasteiger charge is -2.17. The van der Waals surface area contributed by atoms with Gasteiger partial charge in [0.15, 0.2) is 0 Å². The summed E-state index contributed by atoms with van der Waals surface area (Å²) in [5.41, 5.74) is 1.95. The fourth-order valence-corrected chi connectivity index (χ4v) is 2.14. The van der Waals surface area contributed by atoms with E-state index in [1.807, 2.05) is 29.2 Å². The predicted molar refractivity (Wildman–Crippen MR) is 74.4 cm³/mol. The molecule has 18 heavy (non-hydrogen) atoms. The van der Waals surface area contributed by atoms with E-state index in [1.54, 1.807) is 0 Å². The summed E-state index contributed by atoms with van der Waals surface area (Å²) >= 11 is 0. The molecular weight excluding hydrogens is 222 g/mol. The summed E-state index contributed by atoms with van der Waals surface area (Å²) in [6, 6.07) is 7.94. The zero-order chi connectivity index (χ0) is 12.8. The number of hydrogen-bond donors (Lipinski definition) is 0. The Kier molecular flexibility index (Phi) is 4.41. The third-order valence-electron chi connectivity index (χ3n) is 3.15. The molecule has 1 amide bonds. The fourth-order valence-electron chi connectivity index (χ4n) is 2.14. The lowest BCUT2D eigenvalue weighted by Crippen LogP contribution is -2.24. The zero-order valence-electron chi connectivity index (χ0n) is 10.9. The van der Waals surface area contributed by atoms with Gasteiger partial charge in [-0.05, 0) is 25.0 Å². The Hall–Kier alpha value is -1.75. The third kappa shape index (κ3) is 2.92. The van der Waals surface area contributed by atoms with E-state index in [-0.39, 0.29) is 5.91 Å². The van der Waals surface area contributed by atoms with Crippen LogP contribution in [0.4, 0.5) is 5.69 Å². The van der Waals surface area contributed by atoms with Gasteiger partial charge in [0.2, 0.25) is 5.91 Å². The van der Waals surface area contributed by atoms with Crippen molar-refractivity contribution in [3.05, 3.63) is 29.8 Å². The van der Waals surface area contributed by atoms with E-state index >= 15 is 0 Å². The van der Waals surface area contributed by atoms with Crippen molar-refractivity contribution in [2.24, 2.45) is 0 Å². The predicted octanol–water partition coefficient (Wildman–Crippen LogP) is 3.36. The normalized spacial score (nSPS) is 14.5. The average molecular weight is 241 g/mol. The highest BCUT2D eigenvalue weighted by atomic mass is 16.2. The van der Waals surface area contributed by atoms with Gasteiger partial charge in [-0.1, -0.05) is 37.3 Å². The van der Waals surface area contributed by atoms with Crippen LogP contribution in [0.1, 0.15) is 44.6 Å². The number of rotatable bonds is 3. The van der Waals surface area contributed by atoms with Gasteiger partial charge >= 0.3 is 0 Å². The van der Waals surface area contributed by atoms with Gasteiger partial charge in [-0.3, -0.25) is 4.79 Å². The van der Waals surface area contributed by atoms with Crippen LogP contribution < -0.4 is 4.90 Å². The lowest BCUT2D eigenvalue weighted by atomic mass is 10.1. The molecule has 0 radical (unpaired) electrons. The number of carbonyl (C=O) groups is 1. The van der Waals surface area contributed by atoms with E-state index in [9.17, 15) is 4.79 Å². The molecule has 2 rings (SSSR count). The molecule has 1 fully saturated rings. The average Bonchev–Trinajstić information content (AvgIpc) is 2.81. The first-order chi connectivity index (χ1) is 8.83. The Bertz CT molecular complexity index is 481. The molecule has 0 atom stereocenters. The zero-order valence-corrected chi connectivity index (χ0v) is 10.9. The number of amides is 1. The molecule has 1 aliphatic heterocycles. The van der Waals surface area contributed by atoms with Gasteiger partial charge < -0.3 is 4.90 Å². The van der Waals surface area contributed by atoms with Crippen LogP contribution in [0.5, 0.6) is 0 Å². The Morgan fingerprint density at radius 2 is 2.17 bits per heavy atom. The van der Waals surface area contributed by atoms with Crippen molar-refractivity contribution in [3.63, 3.8) is 0 Å². The van der Waals surface area contributed by atoms with Crippen LogP contribution in [-0.4, -0.2) is 12.5 Å². The van der Waals surface area contributed by atoms with Crippen LogP contribution in [0.2, 0.25) is 0 Å². The maximum absolute atomic E-state index is 11.8. The summed E-state index contributed by atoms with van der Waals surface area (Å²) in [4.78, 5) is 13.6. The molecule has 0 N–H and O–H groups in total. The van der Waals surface area contributed by atoms with Gasteiger partial charge in [-0.15, -0.1) is 0 Å². The molecular formula is C16H19NO. The molecule has 1 aliphatic rings. The lowest BCUT2D eigenvalue weighted by molar-refractivity contribution is -0.117. The van der Waals surface area contributed by atoms with Crippen molar-refractivity contribution in [2.75, 3.05) is 11.4 Å². The molecule has 0 saturated carbocycles. The molecule has 2 heteroatoms. The molecule has 0 unspecified atom stereocenters. The van der Waals surface area contributed by atoms with Crippen LogP contribution in [-0.2, 0) is 4.79 Å². The molecule has 0 aromatic heterocycles. The summed E-state index contributed by atoms with van der Waals surface area (Å²) in [5, 5.41) is 0. The Balaban J connectivity index is 2.19. The maximum Gasteiger partial charge on any atom is 0.227 e. The van der Waals surface area contributed by atoms with E-state index in [1.165, 1.54) is 6.42 Å². The molecule has 94 valence electrons. The van der Waals surface area contributed by atoms with Crippen molar-refractivity contribution in [3.8, 4) is 11.8 Å². The SMILES string of the molecule is CCCCC#Cc1ccccc1N1CCCC1=O. The van der Waals surface area contributed by atoms with Gasteiger partial charge in [-0.2, -0.15) is 0 Å². The Labute approximate surface area is 109 Å². The van der Waals surface area contributed by atoms with Crippen LogP contribution >= 0.6 is 0 Å². The third-order valence-corrected chi connectivity index (χ3v) is 3.15. The monoisotopic (exact) mass is 241 g/mol. The van der Waals surface area contributed by atoms with Gasteiger partial charge in [0, 0.05) is 24.9 Å². The van der Waals surface area contributed by atoms with E-state index in [0.717, 1.165) is 37.1 Å². The molecule has 1 saturated heterocycles. The van der Waals surface area contributed by atoms with Crippen LogP contribution in [0, 0.1) is 11.8 Å². The highest BCUT2D eigenvalue weighted by Gasteiger charge is 2.22. The number of unbranched alkanes of at least 4 members (excludes halogenated alkanes) is 2. The molecule has 1 aromatic rings. The number of carbonyl (C=O) groups excluding carboxylic acids is 1. The van der Waals surface area contributed by atoms with E-state index in [4.69, 9.17) is 0 Å². The summed E-state index contributed by atoms with van der Waals surface area (Å²) in [7, 11) is 0. The molecule has 1 aromatic carbocycles. The first-order valence-electron chi connectivity index (χ1n) is 6.71. The smallest absolute Gasteiger partial charge is 0.227 e. The maximum atomic E-state index is 11.8. The molecule has 0 bridgehead atoms. The van der Waals surface area contributed by atoms with E-state index in [0.29, 0.717) is 6.42 Å². The van der Waals surface area contributed by atoms with Crippen molar-refractivity contribution >= 4 is 11.6 Å². The van der Waals surface area contributed by atoms with Crippen molar-refractivity contribution in [1.29, 1.82) is 0 Å². The first-order valence-corrected chi connectivity index (χ1v) is 6.71. The highest BCUT2D eigenvalue weighted by Crippen LogP contribution is 2.24.